The second kappa shape index (κ2) is 14.2. The lowest BCUT2D eigenvalue weighted by atomic mass is 9.96. The molecule has 1 aliphatic rings. The topological polar surface area (TPSA) is 18.5 Å². The first kappa shape index (κ1) is 31.7. The first-order chi connectivity index (χ1) is 25.3. The second-order valence-electron chi connectivity index (χ2n) is 12.7. The van der Waals surface area contributed by atoms with Gasteiger partial charge in [0.15, 0.2) is 0 Å². The van der Waals surface area contributed by atoms with Gasteiger partial charge in [-0.05, 0) is 70.7 Å². The molecule has 4 heteroatoms. The minimum Gasteiger partial charge on any atom is -0.493 e. The van der Waals surface area contributed by atoms with Crippen LogP contribution < -0.4 is 41.3 Å². The number of rotatable bonds is 6. The molecule has 0 radical (unpaired) electrons. The van der Waals surface area contributed by atoms with Crippen LogP contribution in [0.5, 0.6) is 11.5 Å². The van der Waals surface area contributed by atoms with E-state index in [1.165, 1.54) is 53.4 Å². The highest BCUT2D eigenvalue weighted by Crippen LogP contribution is 2.51. The predicted octanol–water partition coefficient (Wildman–Crippen LogP) is 9.34. The first-order valence-corrected chi connectivity index (χ1v) is 20.2. The summed E-state index contributed by atoms with van der Waals surface area (Å²) in [5.41, 5.74) is 2.29. The van der Waals surface area contributed by atoms with Gasteiger partial charge in [-0.25, -0.2) is 0 Å². The monoisotopic (exact) mass is 694 g/mol. The van der Waals surface area contributed by atoms with Gasteiger partial charge in [-0.2, -0.15) is 0 Å². The van der Waals surface area contributed by atoms with Crippen LogP contribution in [0.2, 0.25) is 0 Å². The number of hydrogen-bond donors (Lipinski definition) is 0. The van der Waals surface area contributed by atoms with Crippen molar-refractivity contribution < 1.29 is 9.47 Å². The van der Waals surface area contributed by atoms with Crippen molar-refractivity contribution >= 4 is 69.2 Å². The van der Waals surface area contributed by atoms with Crippen LogP contribution in [0.3, 0.4) is 0 Å². The van der Waals surface area contributed by atoms with Crippen LogP contribution in [-0.4, -0.2) is 13.2 Å². The van der Waals surface area contributed by atoms with Crippen molar-refractivity contribution in [3.8, 4) is 22.6 Å². The minimum absolute atomic E-state index is 0.578. The van der Waals surface area contributed by atoms with E-state index in [-0.39, 0.29) is 0 Å². The Morgan fingerprint density at radius 3 is 1.02 bits per heavy atom. The van der Waals surface area contributed by atoms with Gasteiger partial charge in [-0.15, -0.1) is 0 Å². The third kappa shape index (κ3) is 6.00. The normalized spacial score (nSPS) is 12.7. The molecule has 0 bridgehead atoms. The Kier molecular flexibility index (Phi) is 8.80. The van der Waals surface area contributed by atoms with Crippen molar-refractivity contribution in [3.63, 3.8) is 0 Å². The van der Waals surface area contributed by atoms with Gasteiger partial charge in [0.05, 0.1) is 13.2 Å². The molecule has 8 aromatic rings. The fraction of sp³-hybridized carbons (Fsp3) is 0.0638. The molecule has 0 amide bonds. The Bertz CT molecular complexity index is 2200. The van der Waals surface area contributed by atoms with Crippen molar-refractivity contribution in [2.75, 3.05) is 13.2 Å². The first-order valence-electron chi connectivity index (χ1n) is 17.5. The van der Waals surface area contributed by atoms with Gasteiger partial charge in [-0.3, -0.25) is 0 Å². The fourth-order valence-corrected chi connectivity index (χ4v) is 12.6. The van der Waals surface area contributed by atoms with E-state index < -0.39 is 15.8 Å². The van der Waals surface area contributed by atoms with Crippen molar-refractivity contribution in [2.24, 2.45) is 0 Å². The van der Waals surface area contributed by atoms with Crippen LogP contribution in [0, 0.1) is 0 Å². The van der Waals surface area contributed by atoms with E-state index in [0.29, 0.717) is 13.2 Å². The molecule has 9 rings (SSSR count). The molecule has 0 aromatic heterocycles. The summed E-state index contributed by atoms with van der Waals surface area (Å²) >= 11 is 0. The van der Waals surface area contributed by atoms with E-state index in [1.54, 1.807) is 0 Å². The summed E-state index contributed by atoms with van der Waals surface area (Å²) in [4.78, 5) is 0. The zero-order valence-corrected chi connectivity index (χ0v) is 29.9. The van der Waals surface area contributed by atoms with Crippen LogP contribution in [-0.2, 0) is 0 Å². The Labute approximate surface area is 301 Å². The number of ether oxygens (including phenoxy) is 2. The highest BCUT2D eigenvalue weighted by Gasteiger charge is 2.33. The summed E-state index contributed by atoms with van der Waals surface area (Å²) < 4.78 is 13.9. The molecule has 0 N–H and O–H groups in total. The van der Waals surface area contributed by atoms with Gasteiger partial charge in [-0.1, -0.05) is 170 Å². The summed E-state index contributed by atoms with van der Waals surface area (Å²) in [5.74, 6) is 1.84. The fourth-order valence-electron chi connectivity index (χ4n) is 7.33. The SMILES string of the molecule is c1ccc(P(c2ccccc2)c2c3c(cc4ccccc24)OCCCOc2cc4ccccc4c(P(c4ccccc4)c4ccccc4)c2-3)cc1. The zero-order valence-electron chi connectivity index (χ0n) is 28.2. The minimum atomic E-state index is -1.03. The zero-order chi connectivity index (χ0) is 34.0. The van der Waals surface area contributed by atoms with Crippen molar-refractivity contribution in [1.29, 1.82) is 0 Å². The molecule has 1 heterocycles. The molecular weight excluding hydrogens is 658 g/mol. The summed E-state index contributed by atoms with van der Waals surface area (Å²) in [6, 6.07) is 66.4. The molecule has 0 aliphatic carbocycles. The van der Waals surface area contributed by atoms with Gasteiger partial charge in [0.25, 0.3) is 0 Å². The number of fused-ring (bicyclic) bond motifs is 5. The second-order valence-corrected chi connectivity index (χ2v) is 17.0. The average Bonchev–Trinajstić information content (AvgIpc) is 3.28. The average molecular weight is 695 g/mol. The quantitative estimate of drug-likeness (QED) is 0.162. The maximum absolute atomic E-state index is 6.93. The molecule has 0 unspecified atom stereocenters. The van der Waals surface area contributed by atoms with Gasteiger partial charge < -0.3 is 9.47 Å². The Morgan fingerprint density at radius 1 is 0.353 bits per heavy atom. The summed E-state index contributed by atoms with van der Waals surface area (Å²) in [5, 5.41) is 12.7. The van der Waals surface area contributed by atoms with Crippen molar-refractivity contribution in [2.45, 2.75) is 6.42 Å². The van der Waals surface area contributed by atoms with Crippen LogP contribution in [0.25, 0.3) is 32.7 Å². The van der Waals surface area contributed by atoms with Gasteiger partial charge in [0.2, 0.25) is 0 Å². The van der Waals surface area contributed by atoms with Gasteiger partial charge in [0, 0.05) is 28.2 Å². The van der Waals surface area contributed by atoms with E-state index in [1.807, 2.05) is 0 Å². The van der Waals surface area contributed by atoms with E-state index in [2.05, 4.69) is 182 Å². The van der Waals surface area contributed by atoms with Crippen LogP contribution in [0.1, 0.15) is 6.42 Å². The highest BCUT2D eigenvalue weighted by molar-refractivity contribution is 7.81. The Balaban J connectivity index is 1.50. The summed E-state index contributed by atoms with van der Waals surface area (Å²) in [7, 11) is -2.05. The highest BCUT2D eigenvalue weighted by atomic mass is 31.1. The third-order valence-corrected chi connectivity index (χ3v) is 14.6. The van der Waals surface area contributed by atoms with Gasteiger partial charge >= 0.3 is 0 Å². The van der Waals surface area contributed by atoms with Crippen molar-refractivity contribution in [1.82, 2.24) is 0 Å². The number of benzene rings is 8. The third-order valence-electron chi connectivity index (χ3n) is 9.53. The Hall–Kier alpha value is -5.26. The van der Waals surface area contributed by atoms with E-state index >= 15 is 0 Å². The summed E-state index contributed by atoms with van der Waals surface area (Å²) in [6.07, 6.45) is 0.793. The van der Waals surface area contributed by atoms with E-state index in [0.717, 1.165) is 29.0 Å². The molecular formula is C47H36O2P2. The lowest BCUT2D eigenvalue weighted by Gasteiger charge is -2.30. The maximum atomic E-state index is 6.93. The molecule has 0 atom stereocenters. The van der Waals surface area contributed by atoms with Crippen LogP contribution in [0.15, 0.2) is 182 Å². The molecule has 1 aliphatic heterocycles. The van der Waals surface area contributed by atoms with Gasteiger partial charge in [0.1, 0.15) is 11.5 Å². The lowest BCUT2D eigenvalue weighted by molar-refractivity contribution is 0.253. The molecule has 0 saturated carbocycles. The molecule has 51 heavy (non-hydrogen) atoms. The number of hydrogen-bond acceptors (Lipinski definition) is 2. The molecule has 0 fully saturated rings. The van der Waals surface area contributed by atoms with E-state index in [9.17, 15) is 0 Å². The summed E-state index contributed by atoms with van der Waals surface area (Å²) in [6.45, 7) is 1.16. The Morgan fingerprint density at radius 2 is 0.667 bits per heavy atom. The molecule has 8 aromatic carbocycles. The molecule has 0 spiro atoms. The van der Waals surface area contributed by atoms with Crippen molar-refractivity contribution in [3.05, 3.63) is 182 Å². The standard InChI is InChI=1S/C47H36O2P2/c1-5-20-36(21-6-1)50(37-22-7-2-8-23-37)46-40-28-15-13-18-34(40)32-42-44(46)45-43(49-31-17-30-48-42)33-35-19-14-16-29-41(35)47(45)51(38-24-9-3-10-25-38)39-26-11-4-12-27-39/h1-16,18-29,32-33H,17,30-31H2. The molecule has 0 saturated heterocycles. The van der Waals surface area contributed by atoms with E-state index in [4.69, 9.17) is 9.47 Å². The van der Waals surface area contributed by atoms with Crippen LogP contribution >= 0.6 is 15.8 Å². The molecule has 2 nitrogen and oxygen atoms in total. The largest absolute Gasteiger partial charge is 0.493 e. The lowest BCUT2D eigenvalue weighted by Crippen LogP contribution is -2.27. The predicted molar refractivity (Wildman–Crippen MR) is 220 cm³/mol. The molecule has 246 valence electrons. The maximum Gasteiger partial charge on any atom is 0.128 e. The van der Waals surface area contributed by atoms with Crippen LogP contribution in [0.4, 0.5) is 0 Å². The smallest absolute Gasteiger partial charge is 0.128 e.